The van der Waals surface area contributed by atoms with Crippen LogP contribution in [0.1, 0.15) is 11.1 Å². The smallest absolute Gasteiger partial charge is 0.0406 e. The molecule has 0 spiro atoms. The summed E-state index contributed by atoms with van der Waals surface area (Å²) in [7, 11) is 0. The molecule has 3 rings (SSSR count). The number of hydrogen-bond donors (Lipinski definition) is 2. The Hall–Kier alpha value is -1.14. The predicted octanol–water partition coefficient (Wildman–Crippen LogP) is 3.49. The van der Waals surface area contributed by atoms with Crippen LogP contribution in [0.15, 0.2) is 48.5 Å². The number of benzene rings is 2. The second kappa shape index (κ2) is 11.8. The molecule has 1 aliphatic heterocycles. The van der Waals surface area contributed by atoms with Gasteiger partial charge in [-0.25, -0.2) is 0 Å². The van der Waals surface area contributed by atoms with Crippen molar-refractivity contribution in [3.05, 3.63) is 69.7 Å². The molecule has 0 atom stereocenters. The van der Waals surface area contributed by atoms with Gasteiger partial charge in [0.05, 0.1) is 0 Å². The van der Waals surface area contributed by atoms with E-state index in [4.69, 9.17) is 23.2 Å². The minimum atomic E-state index is 0.793. The monoisotopic (exact) mass is 420 g/mol. The molecule has 4 nitrogen and oxygen atoms in total. The Kier molecular flexibility index (Phi) is 9.06. The molecule has 0 bridgehead atoms. The largest absolute Gasteiger partial charge is 0.311 e. The minimum absolute atomic E-state index is 0.793. The van der Waals surface area contributed by atoms with Gasteiger partial charge in [-0.05, 0) is 35.4 Å². The fourth-order valence-corrected chi connectivity index (χ4v) is 3.63. The molecule has 0 aliphatic carbocycles. The molecule has 0 unspecified atom stereocenters. The Balaban J connectivity index is 1.21. The first-order valence-electron chi connectivity index (χ1n) is 10.0. The average molecular weight is 421 g/mol. The van der Waals surface area contributed by atoms with Gasteiger partial charge in [0.2, 0.25) is 0 Å². The Bertz CT molecular complexity index is 621. The van der Waals surface area contributed by atoms with E-state index in [-0.39, 0.29) is 0 Å². The van der Waals surface area contributed by atoms with Crippen LogP contribution >= 0.6 is 23.2 Å². The van der Waals surface area contributed by atoms with Crippen LogP contribution in [0.3, 0.4) is 0 Å². The van der Waals surface area contributed by atoms with Crippen molar-refractivity contribution in [3.8, 4) is 0 Å². The lowest BCUT2D eigenvalue weighted by Gasteiger charge is -2.34. The van der Waals surface area contributed by atoms with Gasteiger partial charge in [-0.2, -0.15) is 0 Å². The molecule has 1 fully saturated rings. The second-order valence-electron chi connectivity index (χ2n) is 7.29. The molecule has 2 aromatic rings. The van der Waals surface area contributed by atoms with E-state index in [9.17, 15) is 0 Å². The molecule has 0 radical (unpaired) electrons. The molecular weight excluding hydrogens is 391 g/mol. The second-order valence-corrected chi connectivity index (χ2v) is 8.16. The summed E-state index contributed by atoms with van der Waals surface area (Å²) in [4.78, 5) is 5.10. The van der Waals surface area contributed by atoms with Gasteiger partial charge in [0, 0.05) is 75.5 Å². The van der Waals surface area contributed by atoms with Gasteiger partial charge >= 0.3 is 0 Å². The van der Waals surface area contributed by atoms with Crippen LogP contribution in [0.4, 0.5) is 0 Å². The molecule has 0 aromatic heterocycles. The molecule has 1 heterocycles. The molecule has 0 saturated carbocycles. The van der Waals surface area contributed by atoms with Gasteiger partial charge in [0.25, 0.3) is 0 Å². The van der Waals surface area contributed by atoms with E-state index in [1.807, 2.05) is 24.3 Å². The molecule has 2 N–H and O–H groups in total. The van der Waals surface area contributed by atoms with Crippen LogP contribution in [0.25, 0.3) is 0 Å². The lowest BCUT2D eigenvalue weighted by molar-refractivity contribution is 0.133. The van der Waals surface area contributed by atoms with Crippen molar-refractivity contribution < 1.29 is 0 Å². The maximum absolute atomic E-state index is 5.92. The first kappa shape index (κ1) is 21.6. The Morgan fingerprint density at radius 1 is 0.607 bits per heavy atom. The summed E-state index contributed by atoms with van der Waals surface area (Å²) in [6, 6.07) is 16.1. The molecule has 0 amide bonds. The van der Waals surface area contributed by atoms with E-state index in [0.29, 0.717) is 0 Å². The van der Waals surface area contributed by atoms with Gasteiger partial charge in [0.15, 0.2) is 0 Å². The fraction of sp³-hybridized carbons (Fsp3) is 0.455. The van der Waals surface area contributed by atoms with Crippen molar-refractivity contribution in [2.24, 2.45) is 0 Å². The zero-order valence-corrected chi connectivity index (χ0v) is 17.9. The highest BCUT2D eigenvalue weighted by Gasteiger charge is 2.15. The van der Waals surface area contributed by atoms with Gasteiger partial charge < -0.3 is 10.6 Å². The van der Waals surface area contributed by atoms with Crippen molar-refractivity contribution in [3.63, 3.8) is 0 Å². The zero-order chi connectivity index (χ0) is 19.6. The summed E-state index contributed by atoms with van der Waals surface area (Å²) in [5, 5.41) is 8.63. The first-order chi connectivity index (χ1) is 13.7. The third-order valence-corrected chi connectivity index (χ3v) is 5.66. The number of nitrogens with one attached hydrogen (secondary N) is 2. The lowest BCUT2D eigenvalue weighted by Crippen LogP contribution is -2.49. The number of hydrogen-bond acceptors (Lipinski definition) is 4. The summed E-state index contributed by atoms with van der Waals surface area (Å²) in [5.41, 5.74) is 2.56. The van der Waals surface area contributed by atoms with E-state index >= 15 is 0 Å². The lowest BCUT2D eigenvalue weighted by atomic mass is 10.2. The van der Waals surface area contributed by atoms with Gasteiger partial charge in [-0.15, -0.1) is 0 Å². The third-order valence-electron chi connectivity index (χ3n) is 5.16. The number of nitrogens with zero attached hydrogens (tertiary/aromatic N) is 2. The van der Waals surface area contributed by atoms with Crippen molar-refractivity contribution in [1.29, 1.82) is 0 Å². The van der Waals surface area contributed by atoms with E-state index < -0.39 is 0 Å². The third kappa shape index (κ3) is 7.70. The number of piperazine rings is 1. The SMILES string of the molecule is Clc1ccc(CNCCN2CCN(CCNCc3ccc(Cl)cc3)CC2)cc1. The maximum Gasteiger partial charge on any atom is 0.0406 e. The minimum Gasteiger partial charge on any atom is -0.311 e. The van der Waals surface area contributed by atoms with Gasteiger partial charge in [-0.1, -0.05) is 47.5 Å². The van der Waals surface area contributed by atoms with Gasteiger partial charge in [0.1, 0.15) is 0 Å². The standard InChI is InChI=1S/C22H30Cl2N4/c23-21-5-1-19(2-6-21)17-25-9-11-27-13-15-28(16-14-27)12-10-26-18-20-3-7-22(24)8-4-20/h1-8,25-26H,9-18H2. The summed E-state index contributed by atoms with van der Waals surface area (Å²) in [5.74, 6) is 0. The van der Waals surface area contributed by atoms with E-state index in [0.717, 1.165) is 75.5 Å². The van der Waals surface area contributed by atoms with Crippen LogP contribution in [-0.2, 0) is 13.1 Å². The summed E-state index contributed by atoms with van der Waals surface area (Å²) in [6.45, 7) is 10.7. The number of rotatable bonds is 10. The summed E-state index contributed by atoms with van der Waals surface area (Å²) in [6.07, 6.45) is 0. The first-order valence-corrected chi connectivity index (χ1v) is 10.8. The highest BCUT2D eigenvalue weighted by Crippen LogP contribution is 2.10. The zero-order valence-electron chi connectivity index (χ0n) is 16.3. The highest BCUT2D eigenvalue weighted by molar-refractivity contribution is 6.30. The van der Waals surface area contributed by atoms with E-state index in [2.05, 4.69) is 44.7 Å². The Morgan fingerprint density at radius 3 is 1.32 bits per heavy atom. The maximum atomic E-state index is 5.92. The molecule has 152 valence electrons. The van der Waals surface area contributed by atoms with Crippen LogP contribution in [-0.4, -0.2) is 62.2 Å². The van der Waals surface area contributed by atoms with Crippen molar-refractivity contribution in [2.75, 3.05) is 52.4 Å². The van der Waals surface area contributed by atoms with Crippen LogP contribution in [0.5, 0.6) is 0 Å². The highest BCUT2D eigenvalue weighted by atomic mass is 35.5. The summed E-state index contributed by atoms with van der Waals surface area (Å²) < 4.78 is 0. The number of halogens is 2. The molecule has 1 aliphatic rings. The molecule has 6 heteroatoms. The molecule has 28 heavy (non-hydrogen) atoms. The van der Waals surface area contributed by atoms with Crippen molar-refractivity contribution >= 4 is 23.2 Å². The molecule has 2 aromatic carbocycles. The van der Waals surface area contributed by atoms with Crippen LogP contribution < -0.4 is 10.6 Å². The van der Waals surface area contributed by atoms with Crippen LogP contribution in [0, 0.1) is 0 Å². The van der Waals surface area contributed by atoms with Gasteiger partial charge in [-0.3, -0.25) is 9.80 Å². The van der Waals surface area contributed by atoms with Crippen LogP contribution in [0.2, 0.25) is 10.0 Å². The average Bonchev–Trinajstić information content (AvgIpc) is 2.72. The van der Waals surface area contributed by atoms with Crippen molar-refractivity contribution in [2.45, 2.75) is 13.1 Å². The normalized spacial score (nSPS) is 15.8. The molecular formula is C22H30Cl2N4. The molecule has 1 saturated heterocycles. The van der Waals surface area contributed by atoms with Crippen molar-refractivity contribution in [1.82, 2.24) is 20.4 Å². The van der Waals surface area contributed by atoms with E-state index in [1.54, 1.807) is 0 Å². The van der Waals surface area contributed by atoms with E-state index in [1.165, 1.54) is 11.1 Å². The summed E-state index contributed by atoms with van der Waals surface area (Å²) >= 11 is 11.8. The quantitative estimate of drug-likeness (QED) is 0.575. The topological polar surface area (TPSA) is 30.5 Å². The Morgan fingerprint density at radius 2 is 0.964 bits per heavy atom. The predicted molar refractivity (Wildman–Crippen MR) is 119 cm³/mol. The fourth-order valence-electron chi connectivity index (χ4n) is 3.38. The Labute approximate surface area is 178 Å².